The molecule has 5 heteroatoms. The van der Waals surface area contributed by atoms with Crippen LogP contribution in [0.5, 0.6) is 0 Å². The molecule has 4 nitrogen and oxygen atoms in total. The zero-order chi connectivity index (χ0) is 13.7. The number of hydrogen-bond donors (Lipinski definition) is 1. The van der Waals surface area contributed by atoms with E-state index in [-0.39, 0.29) is 0 Å². The Morgan fingerprint density at radius 2 is 2.05 bits per heavy atom. The summed E-state index contributed by atoms with van der Waals surface area (Å²) < 4.78 is 5.36. The van der Waals surface area contributed by atoms with Gasteiger partial charge in [-0.25, -0.2) is 9.97 Å². The highest BCUT2D eigenvalue weighted by Crippen LogP contribution is 2.66. The maximum Gasteiger partial charge on any atom is 0.158 e. The van der Waals surface area contributed by atoms with Gasteiger partial charge in [-0.15, -0.1) is 0 Å². The summed E-state index contributed by atoms with van der Waals surface area (Å²) in [6.45, 7) is 3.05. The molecule has 2 bridgehead atoms. The summed E-state index contributed by atoms with van der Waals surface area (Å²) in [4.78, 5) is 8.72. The Bertz CT molecular complexity index is 508. The van der Waals surface area contributed by atoms with Crippen LogP contribution in [0.4, 0.5) is 5.82 Å². The van der Waals surface area contributed by atoms with Gasteiger partial charge in [0.15, 0.2) is 5.82 Å². The first-order valence-corrected chi connectivity index (χ1v) is 8.02. The monoisotopic (exact) mass is 293 g/mol. The summed E-state index contributed by atoms with van der Waals surface area (Å²) in [5, 5.41) is 4.08. The Hall–Kier alpha value is -0.870. The van der Waals surface area contributed by atoms with Gasteiger partial charge in [0, 0.05) is 18.7 Å². The van der Waals surface area contributed by atoms with Gasteiger partial charge in [0.2, 0.25) is 0 Å². The van der Waals surface area contributed by atoms with Crippen molar-refractivity contribution in [2.45, 2.75) is 38.8 Å². The molecule has 0 aliphatic heterocycles. The number of nitrogens with zero attached hydrogens (tertiary/aromatic N) is 2. The SMILES string of the molecule is CCOCc1nc(Cl)cc(NC2C3C4CCC(C4)C23)n1. The molecule has 1 N–H and O–H groups in total. The molecule has 3 aliphatic rings. The van der Waals surface area contributed by atoms with Crippen LogP contribution in [0.15, 0.2) is 6.07 Å². The number of ether oxygens (including phenoxy) is 1. The van der Waals surface area contributed by atoms with E-state index in [9.17, 15) is 0 Å². The predicted octanol–water partition coefficient (Wildman–Crippen LogP) is 3.12. The molecule has 3 aliphatic carbocycles. The highest BCUT2D eigenvalue weighted by atomic mass is 35.5. The van der Waals surface area contributed by atoms with Gasteiger partial charge in [-0.1, -0.05) is 11.6 Å². The first kappa shape index (κ1) is 12.8. The number of hydrogen-bond acceptors (Lipinski definition) is 4. The molecule has 0 spiro atoms. The average Bonchev–Trinajstić information content (AvgIpc) is 2.83. The number of anilines is 1. The van der Waals surface area contributed by atoms with Crippen LogP contribution in [0.1, 0.15) is 32.0 Å². The molecular weight excluding hydrogens is 274 g/mol. The molecule has 0 amide bonds. The topological polar surface area (TPSA) is 47.0 Å². The Balaban J connectivity index is 1.45. The summed E-state index contributed by atoms with van der Waals surface area (Å²) in [6.07, 6.45) is 4.34. The Labute approximate surface area is 124 Å². The number of nitrogens with one attached hydrogen (secondary N) is 1. The molecule has 1 aromatic heterocycles. The van der Waals surface area contributed by atoms with E-state index in [1.165, 1.54) is 19.3 Å². The molecule has 0 saturated heterocycles. The van der Waals surface area contributed by atoms with E-state index in [1.807, 2.05) is 13.0 Å². The second-order valence-electron chi connectivity index (χ2n) is 6.29. The van der Waals surface area contributed by atoms with Crippen LogP contribution in [-0.2, 0) is 11.3 Å². The quantitative estimate of drug-likeness (QED) is 0.847. The molecule has 0 aromatic carbocycles. The van der Waals surface area contributed by atoms with Crippen molar-refractivity contribution < 1.29 is 4.74 Å². The van der Waals surface area contributed by atoms with Gasteiger partial charge in [0.25, 0.3) is 0 Å². The fourth-order valence-corrected chi connectivity index (χ4v) is 4.69. The minimum atomic E-state index is 0.425. The van der Waals surface area contributed by atoms with E-state index < -0.39 is 0 Å². The van der Waals surface area contributed by atoms with Gasteiger partial charge in [-0.3, -0.25) is 0 Å². The fraction of sp³-hybridized carbons (Fsp3) is 0.733. The van der Waals surface area contributed by atoms with Crippen molar-refractivity contribution >= 4 is 17.4 Å². The molecule has 1 aromatic rings. The zero-order valence-electron chi connectivity index (χ0n) is 11.7. The second-order valence-corrected chi connectivity index (χ2v) is 6.67. The molecular formula is C15H20ClN3O. The third-order valence-corrected chi connectivity index (χ3v) is 5.42. The summed E-state index contributed by atoms with van der Waals surface area (Å²) in [6, 6.07) is 2.44. The normalized spacial score (nSPS) is 37.0. The third-order valence-electron chi connectivity index (χ3n) is 5.23. The number of halogens is 1. The molecule has 4 atom stereocenters. The second kappa shape index (κ2) is 4.85. The molecule has 4 unspecified atom stereocenters. The third kappa shape index (κ3) is 2.09. The molecule has 4 rings (SSSR count). The van der Waals surface area contributed by atoms with Crippen molar-refractivity contribution in [2.24, 2.45) is 23.7 Å². The van der Waals surface area contributed by atoms with Crippen LogP contribution in [0, 0.1) is 23.7 Å². The molecule has 0 radical (unpaired) electrons. The Morgan fingerprint density at radius 3 is 2.75 bits per heavy atom. The molecule has 3 fully saturated rings. The minimum Gasteiger partial charge on any atom is -0.374 e. The van der Waals surface area contributed by atoms with Crippen molar-refractivity contribution in [2.75, 3.05) is 11.9 Å². The van der Waals surface area contributed by atoms with Crippen molar-refractivity contribution in [3.63, 3.8) is 0 Å². The van der Waals surface area contributed by atoms with Crippen LogP contribution in [0.2, 0.25) is 5.15 Å². The van der Waals surface area contributed by atoms with Crippen LogP contribution in [0.25, 0.3) is 0 Å². The van der Waals surface area contributed by atoms with Gasteiger partial charge < -0.3 is 10.1 Å². The summed E-state index contributed by atoms with van der Waals surface area (Å²) in [7, 11) is 0. The lowest BCUT2D eigenvalue weighted by Gasteiger charge is -2.12. The van der Waals surface area contributed by atoms with Crippen LogP contribution in [0.3, 0.4) is 0 Å². The largest absolute Gasteiger partial charge is 0.374 e. The first-order valence-electron chi connectivity index (χ1n) is 7.64. The van der Waals surface area contributed by atoms with E-state index in [2.05, 4.69) is 15.3 Å². The number of rotatable bonds is 5. The van der Waals surface area contributed by atoms with Gasteiger partial charge in [-0.05, 0) is 49.9 Å². The van der Waals surface area contributed by atoms with Crippen molar-refractivity contribution in [3.8, 4) is 0 Å². The lowest BCUT2D eigenvalue weighted by Crippen LogP contribution is -2.14. The van der Waals surface area contributed by atoms with Gasteiger partial charge in [0.05, 0.1) is 0 Å². The van der Waals surface area contributed by atoms with Gasteiger partial charge in [0.1, 0.15) is 17.6 Å². The minimum absolute atomic E-state index is 0.425. The number of aromatic nitrogens is 2. The van der Waals surface area contributed by atoms with E-state index >= 15 is 0 Å². The lowest BCUT2D eigenvalue weighted by atomic mass is 10.0. The predicted molar refractivity (Wildman–Crippen MR) is 77.6 cm³/mol. The average molecular weight is 294 g/mol. The fourth-order valence-electron chi connectivity index (χ4n) is 4.49. The van der Waals surface area contributed by atoms with Crippen molar-refractivity contribution in [1.29, 1.82) is 0 Å². The van der Waals surface area contributed by atoms with Crippen molar-refractivity contribution in [3.05, 3.63) is 17.0 Å². The van der Waals surface area contributed by atoms with Crippen LogP contribution < -0.4 is 5.32 Å². The zero-order valence-corrected chi connectivity index (χ0v) is 12.4. The molecule has 108 valence electrons. The van der Waals surface area contributed by atoms with E-state index in [0.717, 1.165) is 29.5 Å². The summed E-state index contributed by atoms with van der Waals surface area (Å²) >= 11 is 6.08. The highest BCUT2D eigenvalue weighted by molar-refractivity contribution is 6.29. The van der Waals surface area contributed by atoms with Crippen molar-refractivity contribution in [1.82, 2.24) is 9.97 Å². The van der Waals surface area contributed by atoms with Gasteiger partial charge in [-0.2, -0.15) is 0 Å². The summed E-state index contributed by atoms with van der Waals surface area (Å²) in [5.74, 6) is 5.22. The van der Waals surface area contributed by atoms with E-state index in [1.54, 1.807) is 0 Å². The smallest absolute Gasteiger partial charge is 0.158 e. The van der Waals surface area contributed by atoms with E-state index in [4.69, 9.17) is 16.3 Å². The maximum atomic E-state index is 6.08. The highest BCUT2D eigenvalue weighted by Gasteiger charge is 2.65. The number of fused-ring (bicyclic) bond motifs is 5. The first-order chi connectivity index (χ1) is 9.76. The van der Waals surface area contributed by atoms with Crippen LogP contribution >= 0.6 is 11.6 Å². The molecule has 20 heavy (non-hydrogen) atoms. The van der Waals surface area contributed by atoms with E-state index in [0.29, 0.717) is 30.2 Å². The summed E-state index contributed by atoms with van der Waals surface area (Å²) in [5.41, 5.74) is 0. The molecule has 1 heterocycles. The standard InChI is InChI=1S/C15H20ClN3O/c1-2-20-7-12-17-10(16)6-11(18-12)19-15-13-8-3-4-9(5-8)14(13)15/h6,8-9,13-15H,2-5,7H2,1H3,(H,17,18,19). The lowest BCUT2D eigenvalue weighted by molar-refractivity contribution is 0.128. The van der Waals surface area contributed by atoms with Gasteiger partial charge >= 0.3 is 0 Å². The molecule has 3 saturated carbocycles. The maximum absolute atomic E-state index is 6.08. The van der Waals surface area contributed by atoms with Crippen LogP contribution in [-0.4, -0.2) is 22.6 Å². The Morgan fingerprint density at radius 1 is 1.30 bits per heavy atom. The Kier molecular flexibility index (Phi) is 3.11.